The second-order valence-electron chi connectivity index (χ2n) is 2.72. The fourth-order valence-corrected chi connectivity index (χ4v) is 0.760. The Morgan fingerprint density at radius 3 is 2.23 bits per heavy atom. The first-order chi connectivity index (χ1) is 5.72. The molecule has 0 aromatic carbocycles. The van der Waals surface area contributed by atoms with Crippen LogP contribution < -0.4 is 11.5 Å². The normalized spacial score (nSPS) is 16.7. The summed E-state index contributed by atoms with van der Waals surface area (Å²) < 4.78 is 34.9. The summed E-state index contributed by atoms with van der Waals surface area (Å²) in [5.74, 6) is -0.929. The quantitative estimate of drug-likeness (QED) is 0.571. The van der Waals surface area contributed by atoms with Crippen molar-refractivity contribution in [2.75, 3.05) is 0 Å². The zero-order valence-electron chi connectivity index (χ0n) is 6.71. The molecule has 13 heavy (non-hydrogen) atoms. The molecule has 0 spiro atoms. The molecule has 0 fully saturated rings. The molecule has 0 radical (unpaired) electrons. The Bertz CT molecular complexity index is 183. The lowest BCUT2D eigenvalue weighted by molar-refractivity contribution is -0.155. The number of aliphatic hydroxyl groups is 1. The maximum Gasteiger partial charge on any atom is 0.391 e. The molecule has 5 N–H and O–H groups in total. The molecular weight excluding hydrogens is 189 g/mol. The molecule has 0 saturated carbocycles. The minimum absolute atomic E-state index is 0.477. The molecule has 0 aromatic heterocycles. The standard InChI is InChI=1S/C6H11F3N2O2/c7-6(8,9)2-3(12)1-4(10)5(11)13/h3-4,12H,1-2,10H2,(H2,11,13). The molecule has 4 nitrogen and oxygen atoms in total. The molecule has 0 aliphatic carbocycles. The van der Waals surface area contributed by atoms with E-state index in [0.29, 0.717) is 0 Å². The van der Waals surface area contributed by atoms with Crippen LogP contribution in [0.2, 0.25) is 0 Å². The zero-order valence-corrected chi connectivity index (χ0v) is 6.71. The first-order valence-electron chi connectivity index (χ1n) is 3.52. The van der Waals surface area contributed by atoms with Crippen LogP contribution in [0.5, 0.6) is 0 Å². The van der Waals surface area contributed by atoms with Gasteiger partial charge in [0.05, 0.1) is 18.6 Å². The van der Waals surface area contributed by atoms with Crippen molar-refractivity contribution in [2.45, 2.75) is 31.2 Å². The van der Waals surface area contributed by atoms with Crippen molar-refractivity contribution in [3.05, 3.63) is 0 Å². The Balaban J connectivity index is 3.88. The number of carbonyl (C=O) groups is 1. The highest BCUT2D eigenvalue weighted by atomic mass is 19.4. The highest BCUT2D eigenvalue weighted by Crippen LogP contribution is 2.22. The SMILES string of the molecule is NC(=O)C(N)CC(O)CC(F)(F)F. The van der Waals surface area contributed by atoms with Crippen LogP contribution in [0.3, 0.4) is 0 Å². The van der Waals surface area contributed by atoms with Crippen LogP contribution in [-0.2, 0) is 4.79 Å². The average Bonchev–Trinajstić information content (AvgIpc) is 1.81. The summed E-state index contributed by atoms with van der Waals surface area (Å²) in [6.45, 7) is 0. The molecule has 0 aliphatic rings. The highest BCUT2D eigenvalue weighted by Gasteiger charge is 2.32. The van der Waals surface area contributed by atoms with Gasteiger partial charge in [-0.3, -0.25) is 4.79 Å². The van der Waals surface area contributed by atoms with Crippen LogP contribution in [0.25, 0.3) is 0 Å². The van der Waals surface area contributed by atoms with Gasteiger partial charge in [-0.2, -0.15) is 13.2 Å². The Morgan fingerprint density at radius 1 is 1.46 bits per heavy atom. The van der Waals surface area contributed by atoms with Gasteiger partial charge in [0, 0.05) is 0 Å². The lowest BCUT2D eigenvalue weighted by Gasteiger charge is -2.15. The summed E-state index contributed by atoms with van der Waals surface area (Å²) in [5, 5.41) is 8.80. The number of aliphatic hydroxyl groups excluding tert-OH is 1. The van der Waals surface area contributed by atoms with E-state index in [4.69, 9.17) is 16.6 Å². The average molecular weight is 200 g/mol. The molecular formula is C6H11F3N2O2. The van der Waals surface area contributed by atoms with Gasteiger partial charge < -0.3 is 16.6 Å². The molecule has 2 atom stereocenters. The Kier molecular flexibility index (Phi) is 4.15. The van der Waals surface area contributed by atoms with Crippen LogP contribution in [0, 0.1) is 0 Å². The molecule has 2 unspecified atom stereocenters. The van der Waals surface area contributed by atoms with E-state index in [2.05, 4.69) is 0 Å². The summed E-state index contributed by atoms with van der Waals surface area (Å²) in [5.41, 5.74) is 9.73. The number of primary amides is 1. The van der Waals surface area contributed by atoms with Crippen molar-refractivity contribution < 1.29 is 23.1 Å². The van der Waals surface area contributed by atoms with Crippen molar-refractivity contribution in [1.82, 2.24) is 0 Å². The minimum Gasteiger partial charge on any atom is -0.393 e. The van der Waals surface area contributed by atoms with Gasteiger partial charge in [0.15, 0.2) is 0 Å². The van der Waals surface area contributed by atoms with E-state index in [1.54, 1.807) is 0 Å². The van der Waals surface area contributed by atoms with Gasteiger partial charge >= 0.3 is 6.18 Å². The lowest BCUT2D eigenvalue weighted by Crippen LogP contribution is -2.40. The van der Waals surface area contributed by atoms with Gasteiger partial charge in [0.2, 0.25) is 5.91 Å². The molecule has 0 aliphatic heterocycles. The van der Waals surface area contributed by atoms with Crippen LogP contribution >= 0.6 is 0 Å². The Morgan fingerprint density at radius 2 is 1.92 bits per heavy atom. The number of hydrogen-bond donors (Lipinski definition) is 3. The first-order valence-corrected chi connectivity index (χ1v) is 3.52. The summed E-state index contributed by atoms with van der Waals surface area (Å²) in [6, 6.07) is -1.24. The Hall–Kier alpha value is -0.820. The van der Waals surface area contributed by atoms with Gasteiger partial charge in [-0.15, -0.1) is 0 Å². The number of rotatable bonds is 4. The largest absolute Gasteiger partial charge is 0.393 e. The number of halogens is 3. The Labute approximate surface area is 72.7 Å². The van der Waals surface area contributed by atoms with Gasteiger partial charge in [0.1, 0.15) is 0 Å². The number of hydrogen-bond acceptors (Lipinski definition) is 3. The number of amides is 1. The van der Waals surface area contributed by atoms with E-state index in [-0.39, 0.29) is 0 Å². The predicted molar refractivity (Wildman–Crippen MR) is 38.5 cm³/mol. The third-order valence-corrected chi connectivity index (χ3v) is 1.36. The molecule has 0 saturated heterocycles. The molecule has 0 aromatic rings. The molecule has 7 heteroatoms. The van der Waals surface area contributed by atoms with Gasteiger partial charge in [-0.25, -0.2) is 0 Å². The second kappa shape index (κ2) is 4.43. The zero-order chi connectivity index (χ0) is 10.6. The van der Waals surface area contributed by atoms with Gasteiger partial charge in [-0.05, 0) is 6.42 Å². The number of carbonyl (C=O) groups excluding carboxylic acids is 1. The topological polar surface area (TPSA) is 89.3 Å². The van der Waals surface area contributed by atoms with Crippen molar-refractivity contribution in [1.29, 1.82) is 0 Å². The minimum atomic E-state index is -4.46. The summed E-state index contributed by atoms with van der Waals surface area (Å²) >= 11 is 0. The molecule has 0 bridgehead atoms. The summed E-state index contributed by atoms with van der Waals surface area (Å²) in [6.07, 6.45) is -8.00. The van der Waals surface area contributed by atoms with Crippen LogP contribution in [0.15, 0.2) is 0 Å². The van der Waals surface area contributed by atoms with E-state index in [9.17, 15) is 18.0 Å². The smallest absolute Gasteiger partial charge is 0.391 e. The third kappa shape index (κ3) is 6.35. The molecule has 1 amide bonds. The second-order valence-corrected chi connectivity index (χ2v) is 2.72. The van der Waals surface area contributed by atoms with Crippen molar-refractivity contribution in [3.63, 3.8) is 0 Å². The van der Waals surface area contributed by atoms with E-state index >= 15 is 0 Å². The summed E-state index contributed by atoms with van der Waals surface area (Å²) in [7, 11) is 0. The molecule has 0 rings (SSSR count). The third-order valence-electron chi connectivity index (χ3n) is 1.36. The molecule has 78 valence electrons. The van der Waals surface area contributed by atoms with E-state index in [1.807, 2.05) is 0 Å². The predicted octanol–water partition coefficient (Wildman–Crippen LogP) is -0.498. The highest BCUT2D eigenvalue weighted by molar-refractivity contribution is 5.79. The monoisotopic (exact) mass is 200 g/mol. The lowest BCUT2D eigenvalue weighted by atomic mass is 10.1. The molecule has 0 heterocycles. The number of alkyl halides is 3. The van der Waals surface area contributed by atoms with Crippen LogP contribution in [0.1, 0.15) is 12.8 Å². The van der Waals surface area contributed by atoms with E-state index in [1.165, 1.54) is 0 Å². The van der Waals surface area contributed by atoms with Crippen LogP contribution in [-0.4, -0.2) is 29.3 Å². The van der Waals surface area contributed by atoms with E-state index < -0.39 is 37.1 Å². The van der Waals surface area contributed by atoms with Crippen molar-refractivity contribution in [2.24, 2.45) is 11.5 Å². The van der Waals surface area contributed by atoms with Gasteiger partial charge in [-0.1, -0.05) is 0 Å². The first kappa shape index (κ1) is 12.2. The van der Waals surface area contributed by atoms with Crippen molar-refractivity contribution in [3.8, 4) is 0 Å². The maximum absolute atomic E-state index is 11.6. The number of nitrogens with two attached hydrogens (primary N) is 2. The van der Waals surface area contributed by atoms with Crippen LogP contribution in [0.4, 0.5) is 13.2 Å². The maximum atomic E-state index is 11.6. The van der Waals surface area contributed by atoms with Crippen molar-refractivity contribution >= 4 is 5.91 Å². The summed E-state index contributed by atoms with van der Waals surface area (Å²) in [4.78, 5) is 10.3. The fourth-order valence-electron chi connectivity index (χ4n) is 0.760. The fraction of sp³-hybridized carbons (Fsp3) is 0.833. The van der Waals surface area contributed by atoms with Gasteiger partial charge in [0.25, 0.3) is 0 Å². The van der Waals surface area contributed by atoms with E-state index in [0.717, 1.165) is 0 Å².